The Hall–Kier alpha value is -0.0400. The normalized spacial score (nSPS) is 47.5. The minimum absolute atomic E-state index is 0.272. The van der Waals surface area contributed by atoms with Crippen molar-refractivity contribution in [1.82, 2.24) is 0 Å². The van der Waals surface area contributed by atoms with Gasteiger partial charge in [0.1, 0.15) is 0 Å². The van der Waals surface area contributed by atoms with Crippen LogP contribution in [0.5, 0.6) is 0 Å². The predicted octanol–water partition coefficient (Wildman–Crippen LogP) is 2.59. The molecule has 2 fully saturated rings. The lowest BCUT2D eigenvalue weighted by Crippen LogP contribution is -2.36. The summed E-state index contributed by atoms with van der Waals surface area (Å²) in [5.41, 5.74) is 0.272. The molecule has 2 aliphatic carbocycles. The first-order valence-electron chi connectivity index (χ1n) is 5.33. The maximum atomic E-state index is 9.31. The maximum Gasteiger partial charge on any atom is 0.0484 e. The highest BCUT2D eigenvalue weighted by Crippen LogP contribution is 2.48. The van der Waals surface area contributed by atoms with E-state index >= 15 is 0 Å². The Bertz CT molecular complexity index is 152. The zero-order valence-electron chi connectivity index (χ0n) is 8.05. The van der Waals surface area contributed by atoms with Crippen LogP contribution in [0.15, 0.2) is 0 Å². The molecule has 1 nitrogen and oxygen atoms in total. The zero-order valence-corrected chi connectivity index (χ0v) is 8.05. The van der Waals surface area contributed by atoms with Crippen molar-refractivity contribution in [2.24, 2.45) is 17.3 Å². The SMILES string of the molecule is C[C@]1(CO)CC2CCC[C@@H](C2)C1. The van der Waals surface area contributed by atoms with E-state index in [1.54, 1.807) is 0 Å². The van der Waals surface area contributed by atoms with E-state index in [-0.39, 0.29) is 5.41 Å². The van der Waals surface area contributed by atoms with Crippen LogP contribution in [0.3, 0.4) is 0 Å². The van der Waals surface area contributed by atoms with Crippen LogP contribution < -0.4 is 0 Å². The van der Waals surface area contributed by atoms with Crippen molar-refractivity contribution in [3.05, 3.63) is 0 Å². The second kappa shape index (κ2) is 3.02. The molecule has 1 heteroatoms. The Morgan fingerprint density at radius 2 is 1.83 bits per heavy atom. The van der Waals surface area contributed by atoms with Crippen LogP contribution in [0.25, 0.3) is 0 Å². The number of hydrogen-bond acceptors (Lipinski definition) is 1. The summed E-state index contributed by atoms with van der Waals surface area (Å²) in [5.74, 6) is 1.88. The van der Waals surface area contributed by atoms with Gasteiger partial charge in [-0.1, -0.05) is 26.2 Å². The minimum atomic E-state index is 0.272. The van der Waals surface area contributed by atoms with E-state index in [0.717, 1.165) is 11.8 Å². The first-order chi connectivity index (χ1) is 5.72. The Morgan fingerprint density at radius 3 is 2.33 bits per heavy atom. The smallest absolute Gasteiger partial charge is 0.0484 e. The summed E-state index contributed by atoms with van der Waals surface area (Å²) in [6.45, 7) is 2.66. The first kappa shape index (κ1) is 8.55. The van der Waals surface area contributed by atoms with E-state index in [0.29, 0.717) is 6.61 Å². The van der Waals surface area contributed by atoms with Crippen LogP contribution in [0.1, 0.15) is 45.4 Å². The van der Waals surface area contributed by atoms with Crippen LogP contribution in [-0.2, 0) is 0 Å². The number of aliphatic hydroxyl groups is 1. The van der Waals surface area contributed by atoms with Crippen LogP contribution >= 0.6 is 0 Å². The Morgan fingerprint density at radius 1 is 1.25 bits per heavy atom. The minimum Gasteiger partial charge on any atom is -0.396 e. The standard InChI is InChI=1S/C11H20O/c1-11(8-12)6-9-3-2-4-10(5-9)7-11/h9-10,12H,2-8H2,1H3/t9-,10?,11+/m0/s1. The average Bonchev–Trinajstić information content (AvgIpc) is 2.03. The molecule has 0 heterocycles. The molecule has 2 saturated carbocycles. The fraction of sp³-hybridized carbons (Fsp3) is 1.00. The highest BCUT2D eigenvalue weighted by molar-refractivity contribution is 4.89. The van der Waals surface area contributed by atoms with Crippen molar-refractivity contribution in [3.63, 3.8) is 0 Å². The van der Waals surface area contributed by atoms with Gasteiger partial charge in [0.25, 0.3) is 0 Å². The fourth-order valence-electron chi connectivity index (χ4n) is 3.38. The largest absolute Gasteiger partial charge is 0.396 e. The molecule has 0 aromatic rings. The molecule has 2 rings (SSSR count). The number of fused-ring (bicyclic) bond motifs is 2. The van der Waals surface area contributed by atoms with E-state index in [9.17, 15) is 5.11 Å². The van der Waals surface area contributed by atoms with Crippen LogP contribution in [-0.4, -0.2) is 11.7 Å². The van der Waals surface area contributed by atoms with Gasteiger partial charge in [0.2, 0.25) is 0 Å². The lowest BCUT2D eigenvalue weighted by molar-refractivity contribution is 0.0213. The predicted molar refractivity (Wildman–Crippen MR) is 49.9 cm³/mol. The van der Waals surface area contributed by atoms with Gasteiger partial charge in [-0.05, 0) is 36.5 Å². The number of aliphatic hydroxyl groups excluding tert-OH is 1. The maximum absolute atomic E-state index is 9.31. The van der Waals surface area contributed by atoms with Gasteiger partial charge in [-0.15, -0.1) is 0 Å². The molecule has 1 unspecified atom stereocenters. The van der Waals surface area contributed by atoms with Gasteiger partial charge >= 0.3 is 0 Å². The highest BCUT2D eigenvalue weighted by Gasteiger charge is 2.38. The van der Waals surface area contributed by atoms with E-state index in [2.05, 4.69) is 6.92 Å². The summed E-state index contributed by atoms with van der Waals surface area (Å²) in [6.07, 6.45) is 8.30. The Kier molecular flexibility index (Phi) is 2.16. The van der Waals surface area contributed by atoms with Gasteiger partial charge in [-0.3, -0.25) is 0 Å². The summed E-state index contributed by atoms with van der Waals surface area (Å²) in [5, 5.41) is 9.31. The Balaban J connectivity index is 2.05. The van der Waals surface area contributed by atoms with Crippen molar-refractivity contribution in [1.29, 1.82) is 0 Å². The molecule has 0 spiro atoms. The lowest BCUT2D eigenvalue weighted by atomic mass is 9.62. The van der Waals surface area contributed by atoms with Gasteiger partial charge in [0, 0.05) is 6.61 Å². The average molecular weight is 168 g/mol. The first-order valence-corrected chi connectivity index (χ1v) is 5.33. The molecule has 0 aromatic heterocycles. The molecular weight excluding hydrogens is 148 g/mol. The molecule has 0 aliphatic heterocycles. The monoisotopic (exact) mass is 168 g/mol. The third-order valence-electron chi connectivity index (χ3n) is 3.84. The summed E-state index contributed by atoms with van der Waals surface area (Å²) in [4.78, 5) is 0. The molecule has 1 N–H and O–H groups in total. The van der Waals surface area contributed by atoms with Gasteiger partial charge in [-0.2, -0.15) is 0 Å². The summed E-state index contributed by atoms with van der Waals surface area (Å²) in [7, 11) is 0. The quantitative estimate of drug-likeness (QED) is 0.638. The fourth-order valence-corrected chi connectivity index (χ4v) is 3.38. The lowest BCUT2D eigenvalue weighted by Gasteiger charge is -2.44. The van der Waals surface area contributed by atoms with Crippen LogP contribution in [0, 0.1) is 17.3 Å². The molecule has 0 saturated heterocycles. The molecule has 12 heavy (non-hydrogen) atoms. The molecule has 0 radical (unpaired) electrons. The van der Waals surface area contributed by atoms with E-state index in [1.165, 1.54) is 38.5 Å². The summed E-state index contributed by atoms with van der Waals surface area (Å²) >= 11 is 0. The van der Waals surface area contributed by atoms with Crippen LogP contribution in [0.4, 0.5) is 0 Å². The number of hydrogen-bond donors (Lipinski definition) is 1. The van der Waals surface area contributed by atoms with Gasteiger partial charge in [0.05, 0.1) is 0 Å². The third-order valence-corrected chi connectivity index (χ3v) is 3.84. The summed E-state index contributed by atoms with van der Waals surface area (Å²) < 4.78 is 0. The summed E-state index contributed by atoms with van der Waals surface area (Å²) in [6, 6.07) is 0. The molecule has 0 aromatic carbocycles. The number of rotatable bonds is 1. The molecule has 2 bridgehead atoms. The molecule has 70 valence electrons. The highest BCUT2D eigenvalue weighted by atomic mass is 16.3. The second-order valence-corrected chi connectivity index (χ2v) is 5.28. The van der Waals surface area contributed by atoms with Gasteiger partial charge < -0.3 is 5.11 Å². The van der Waals surface area contributed by atoms with Crippen molar-refractivity contribution in [3.8, 4) is 0 Å². The van der Waals surface area contributed by atoms with Crippen LogP contribution in [0.2, 0.25) is 0 Å². The van der Waals surface area contributed by atoms with E-state index < -0.39 is 0 Å². The molecule has 2 aliphatic rings. The zero-order chi connectivity index (χ0) is 8.60. The van der Waals surface area contributed by atoms with E-state index in [4.69, 9.17) is 0 Å². The molecule has 3 atom stereocenters. The van der Waals surface area contributed by atoms with Crippen molar-refractivity contribution < 1.29 is 5.11 Å². The van der Waals surface area contributed by atoms with Gasteiger partial charge in [-0.25, -0.2) is 0 Å². The Labute approximate surface area is 75.2 Å². The van der Waals surface area contributed by atoms with Gasteiger partial charge in [0.15, 0.2) is 0 Å². The van der Waals surface area contributed by atoms with Crippen molar-refractivity contribution in [2.75, 3.05) is 6.61 Å². The van der Waals surface area contributed by atoms with E-state index in [1.807, 2.05) is 0 Å². The molecular formula is C11H20O. The molecule has 0 amide bonds. The second-order valence-electron chi connectivity index (χ2n) is 5.28. The topological polar surface area (TPSA) is 20.2 Å². The van der Waals surface area contributed by atoms with Crippen molar-refractivity contribution >= 4 is 0 Å². The van der Waals surface area contributed by atoms with Crippen molar-refractivity contribution in [2.45, 2.75) is 45.4 Å². The third kappa shape index (κ3) is 1.52.